The molecule has 1 fully saturated rings. The molecule has 1 N–H and O–H groups in total. The molecule has 0 radical (unpaired) electrons. The van der Waals surface area contributed by atoms with Crippen molar-refractivity contribution in [3.8, 4) is 0 Å². The van der Waals surface area contributed by atoms with E-state index < -0.39 is 0 Å². The Morgan fingerprint density at radius 1 is 1.19 bits per heavy atom. The Kier molecular flexibility index (Phi) is 6.25. The quantitative estimate of drug-likeness (QED) is 0.789. The maximum atomic E-state index is 3.68. The van der Waals surface area contributed by atoms with Crippen LogP contribution in [0.2, 0.25) is 0 Å². The molecule has 0 amide bonds. The number of benzene rings is 1. The summed E-state index contributed by atoms with van der Waals surface area (Å²) in [6, 6.07) is 8.08. The van der Waals surface area contributed by atoms with Gasteiger partial charge >= 0.3 is 0 Å². The first-order valence-corrected chi connectivity index (χ1v) is 8.62. The molecule has 0 spiro atoms. The summed E-state index contributed by atoms with van der Waals surface area (Å²) in [4.78, 5) is 2.66. The van der Waals surface area contributed by atoms with Crippen molar-refractivity contribution in [1.82, 2.24) is 10.2 Å². The SMILES string of the molecule is Cc1cc(C)cc(C(C)NCCCN2CCCCC2C)c1. The van der Waals surface area contributed by atoms with Crippen molar-refractivity contribution in [2.45, 2.75) is 65.5 Å². The fraction of sp³-hybridized carbons (Fsp3) is 0.684. The number of piperidine rings is 1. The molecule has 0 bridgehead atoms. The molecular formula is C19H32N2. The Balaban J connectivity index is 1.72. The van der Waals surface area contributed by atoms with E-state index in [0.717, 1.165) is 12.6 Å². The summed E-state index contributed by atoms with van der Waals surface area (Å²) in [5, 5.41) is 3.68. The van der Waals surface area contributed by atoms with Gasteiger partial charge in [-0.1, -0.05) is 35.7 Å². The molecular weight excluding hydrogens is 256 g/mol. The second-order valence-corrected chi connectivity index (χ2v) is 6.83. The summed E-state index contributed by atoms with van der Waals surface area (Å²) in [6.45, 7) is 12.7. The van der Waals surface area contributed by atoms with Gasteiger partial charge in [0.2, 0.25) is 0 Å². The molecule has 0 saturated carbocycles. The lowest BCUT2D eigenvalue weighted by atomic mass is 10.0. The third-order valence-corrected chi connectivity index (χ3v) is 4.76. The predicted molar refractivity (Wildman–Crippen MR) is 91.8 cm³/mol. The highest BCUT2D eigenvalue weighted by atomic mass is 15.2. The number of hydrogen-bond donors (Lipinski definition) is 1. The van der Waals surface area contributed by atoms with Crippen LogP contribution in [0, 0.1) is 13.8 Å². The monoisotopic (exact) mass is 288 g/mol. The average Bonchev–Trinajstić information content (AvgIpc) is 2.44. The van der Waals surface area contributed by atoms with Crippen LogP contribution < -0.4 is 5.32 Å². The summed E-state index contributed by atoms with van der Waals surface area (Å²) in [5.74, 6) is 0. The fourth-order valence-corrected chi connectivity index (χ4v) is 3.47. The van der Waals surface area contributed by atoms with E-state index in [1.54, 1.807) is 0 Å². The van der Waals surface area contributed by atoms with Gasteiger partial charge in [-0.25, -0.2) is 0 Å². The Hall–Kier alpha value is -0.860. The van der Waals surface area contributed by atoms with Crippen LogP contribution in [0.15, 0.2) is 18.2 Å². The number of nitrogens with zero attached hydrogens (tertiary/aromatic N) is 1. The van der Waals surface area contributed by atoms with Crippen molar-refractivity contribution >= 4 is 0 Å². The first-order valence-electron chi connectivity index (χ1n) is 8.62. The number of likely N-dealkylation sites (tertiary alicyclic amines) is 1. The van der Waals surface area contributed by atoms with E-state index in [0.29, 0.717) is 6.04 Å². The van der Waals surface area contributed by atoms with Gasteiger partial charge in [-0.2, -0.15) is 0 Å². The summed E-state index contributed by atoms with van der Waals surface area (Å²) in [6.07, 6.45) is 5.43. The largest absolute Gasteiger partial charge is 0.310 e. The molecule has 2 heteroatoms. The zero-order valence-corrected chi connectivity index (χ0v) is 14.3. The van der Waals surface area contributed by atoms with Crippen LogP contribution in [0.5, 0.6) is 0 Å². The molecule has 118 valence electrons. The van der Waals surface area contributed by atoms with Crippen molar-refractivity contribution in [3.05, 3.63) is 34.9 Å². The van der Waals surface area contributed by atoms with E-state index in [9.17, 15) is 0 Å². The van der Waals surface area contributed by atoms with Gasteiger partial charge in [0.1, 0.15) is 0 Å². The lowest BCUT2D eigenvalue weighted by Crippen LogP contribution is -2.39. The van der Waals surface area contributed by atoms with Crippen LogP contribution in [0.4, 0.5) is 0 Å². The third-order valence-electron chi connectivity index (χ3n) is 4.76. The molecule has 2 atom stereocenters. The third kappa shape index (κ3) is 5.12. The molecule has 1 aliphatic heterocycles. The number of aryl methyl sites for hydroxylation is 2. The zero-order valence-electron chi connectivity index (χ0n) is 14.3. The smallest absolute Gasteiger partial charge is 0.0291 e. The van der Waals surface area contributed by atoms with Crippen molar-refractivity contribution in [2.75, 3.05) is 19.6 Å². The van der Waals surface area contributed by atoms with E-state index in [-0.39, 0.29) is 0 Å². The first kappa shape index (κ1) is 16.5. The molecule has 2 rings (SSSR count). The van der Waals surface area contributed by atoms with Crippen LogP contribution in [0.1, 0.15) is 62.3 Å². The van der Waals surface area contributed by atoms with Crippen molar-refractivity contribution in [2.24, 2.45) is 0 Å². The van der Waals surface area contributed by atoms with E-state index in [1.165, 1.54) is 55.5 Å². The zero-order chi connectivity index (χ0) is 15.2. The Bertz CT molecular complexity index is 421. The number of rotatable bonds is 6. The molecule has 0 aromatic heterocycles. The summed E-state index contributed by atoms with van der Waals surface area (Å²) < 4.78 is 0. The fourth-order valence-electron chi connectivity index (χ4n) is 3.47. The van der Waals surface area contributed by atoms with Gasteiger partial charge in [0.15, 0.2) is 0 Å². The van der Waals surface area contributed by atoms with Gasteiger partial charge < -0.3 is 10.2 Å². The maximum Gasteiger partial charge on any atom is 0.0291 e. The highest BCUT2D eigenvalue weighted by molar-refractivity contribution is 5.30. The standard InChI is InChI=1S/C19H32N2/c1-15-12-16(2)14-19(13-15)18(4)20-9-7-11-21-10-6-5-8-17(21)3/h12-14,17-18,20H,5-11H2,1-4H3. The van der Waals surface area contributed by atoms with Crippen molar-refractivity contribution in [3.63, 3.8) is 0 Å². The molecule has 1 saturated heterocycles. The molecule has 21 heavy (non-hydrogen) atoms. The minimum Gasteiger partial charge on any atom is -0.310 e. The summed E-state index contributed by atoms with van der Waals surface area (Å²) in [7, 11) is 0. The lowest BCUT2D eigenvalue weighted by molar-refractivity contribution is 0.158. The number of nitrogens with one attached hydrogen (secondary N) is 1. The van der Waals surface area contributed by atoms with Crippen LogP contribution in [-0.2, 0) is 0 Å². The van der Waals surface area contributed by atoms with E-state index in [2.05, 4.69) is 56.1 Å². The van der Waals surface area contributed by atoms with Gasteiger partial charge in [0.25, 0.3) is 0 Å². The Morgan fingerprint density at radius 2 is 1.90 bits per heavy atom. The maximum absolute atomic E-state index is 3.68. The van der Waals surface area contributed by atoms with E-state index >= 15 is 0 Å². The van der Waals surface area contributed by atoms with Gasteiger partial charge in [-0.15, -0.1) is 0 Å². The van der Waals surface area contributed by atoms with Crippen molar-refractivity contribution in [1.29, 1.82) is 0 Å². The lowest BCUT2D eigenvalue weighted by Gasteiger charge is -2.33. The van der Waals surface area contributed by atoms with E-state index in [1.807, 2.05) is 0 Å². The molecule has 0 aliphatic carbocycles. The van der Waals surface area contributed by atoms with Gasteiger partial charge in [-0.3, -0.25) is 0 Å². The first-order chi connectivity index (χ1) is 10.1. The second kappa shape index (κ2) is 7.95. The molecule has 1 heterocycles. The average molecular weight is 288 g/mol. The van der Waals surface area contributed by atoms with Crippen molar-refractivity contribution < 1.29 is 0 Å². The van der Waals surface area contributed by atoms with E-state index in [4.69, 9.17) is 0 Å². The Morgan fingerprint density at radius 3 is 2.57 bits per heavy atom. The molecule has 1 aliphatic rings. The molecule has 2 nitrogen and oxygen atoms in total. The summed E-state index contributed by atoms with van der Waals surface area (Å²) in [5.41, 5.74) is 4.14. The molecule has 1 aromatic rings. The highest BCUT2D eigenvalue weighted by Crippen LogP contribution is 2.18. The van der Waals surface area contributed by atoms with Crippen LogP contribution in [-0.4, -0.2) is 30.6 Å². The van der Waals surface area contributed by atoms with Gasteiger partial charge in [0, 0.05) is 12.1 Å². The minimum atomic E-state index is 0.447. The minimum absolute atomic E-state index is 0.447. The van der Waals surface area contributed by atoms with Crippen LogP contribution >= 0.6 is 0 Å². The molecule has 1 aromatic carbocycles. The number of hydrogen-bond acceptors (Lipinski definition) is 2. The normalized spacial score (nSPS) is 21.4. The molecule has 2 unspecified atom stereocenters. The Labute approximate surface area is 130 Å². The predicted octanol–water partition coefficient (Wildman–Crippen LogP) is 4.22. The van der Waals surface area contributed by atoms with Crippen LogP contribution in [0.25, 0.3) is 0 Å². The summed E-state index contributed by atoms with van der Waals surface area (Å²) >= 11 is 0. The van der Waals surface area contributed by atoms with Gasteiger partial charge in [-0.05, 0) is 72.2 Å². The van der Waals surface area contributed by atoms with Gasteiger partial charge in [0.05, 0.1) is 0 Å². The highest BCUT2D eigenvalue weighted by Gasteiger charge is 2.17. The topological polar surface area (TPSA) is 15.3 Å². The van der Waals surface area contributed by atoms with Crippen LogP contribution in [0.3, 0.4) is 0 Å². The second-order valence-electron chi connectivity index (χ2n) is 6.83.